The van der Waals surface area contributed by atoms with Crippen LogP contribution >= 0.6 is 0 Å². The summed E-state index contributed by atoms with van der Waals surface area (Å²) in [7, 11) is 0. The number of nitrogens with one attached hydrogen (secondary N) is 1. The standard InChI is InChI=1S/C14H21NO2/c1-10(9-16)15-13(17)11-5-7-12(8-6-11)14(2,3)4/h5-8,10,16H,9H2,1-4H3,(H,15,17)/t10-/m1/s1. The van der Waals surface area contributed by atoms with Crippen LogP contribution in [0, 0.1) is 0 Å². The molecular weight excluding hydrogens is 214 g/mol. The van der Waals surface area contributed by atoms with Gasteiger partial charge in [-0.25, -0.2) is 0 Å². The van der Waals surface area contributed by atoms with Crippen LogP contribution in [0.3, 0.4) is 0 Å². The Morgan fingerprint density at radius 1 is 1.29 bits per heavy atom. The van der Waals surface area contributed by atoms with Crippen molar-refractivity contribution in [3.63, 3.8) is 0 Å². The van der Waals surface area contributed by atoms with Gasteiger partial charge in [0, 0.05) is 11.6 Å². The van der Waals surface area contributed by atoms with Crippen LogP contribution < -0.4 is 5.32 Å². The lowest BCUT2D eigenvalue weighted by Gasteiger charge is -2.19. The van der Waals surface area contributed by atoms with Gasteiger partial charge in [0.1, 0.15) is 0 Å². The molecule has 0 aliphatic rings. The van der Waals surface area contributed by atoms with Crippen LogP contribution in [0.1, 0.15) is 43.6 Å². The molecule has 94 valence electrons. The Kier molecular flexibility index (Phi) is 4.29. The van der Waals surface area contributed by atoms with E-state index in [0.29, 0.717) is 5.56 Å². The molecule has 1 aromatic rings. The summed E-state index contributed by atoms with van der Waals surface area (Å²) < 4.78 is 0. The van der Waals surface area contributed by atoms with Crippen molar-refractivity contribution in [2.45, 2.75) is 39.2 Å². The SMILES string of the molecule is C[C@H](CO)NC(=O)c1ccc(C(C)(C)C)cc1. The molecule has 0 heterocycles. The maximum Gasteiger partial charge on any atom is 0.251 e. The molecule has 1 atom stereocenters. The summed E-state index contributed by atoms with van der Waals surface area (Å²) in [4.78, 5) is 11.8. The molecule has 0 aromatic heterocycles. The first-order valence-electron chi connectivity index (χ1n) is 5.87. The number of aliphatic hydroxyl groups is 1. The lowest BCUT2D eigenvalue weighted by molar-refractivity contribution is 0.0922. The minimum Gasteiger partial charge on any atom is -0.394 e. The molecule has 0 aliphatic heterocycles. The van der Waals surface area contributed by atoms with E-state index in [1.807, 2.05) is 24.3 Å². The first-order valence-corrected chi connectivity index (χ1v) is 5.87. The minimum atomic E-state index is -0.218. The monoisotopic (exact) mass is 235 g/mol. The molecule has 2 N–H and O–H groups in total. The zero-order valence-electron chi connectivity index (χ0n) is 10.9. The Hall–Kier alpha value is -1.35. The normalized spacial score (nSPS) is 13.2. The highest BCUT2D eigenvalue weighted by Gasteiger charge is 2.14. The second kappa shape index (κ2) is 5.32. The van der Waals surface area contributed by atoms with E-state index in [-0.39, 0.29) is 24.0 Å². The van der Waals surface area contributed by atoms with Crippen LogP contribution in [0.4, 0.5) is 0 Å². The molecule has 1 aromatic carbocycles. The van der Waals surface area contributed by atoms with Crippen molar-refractivity contribution in [3.05, 3.63) is 35.4 Å². The third kappa shape index (κ3) is 3.86. The average Bonchev–Trinajstić information content (AvgIpc) is 2.27. The number of benzene rings is 1. The predicted molar refractivity (Wildman–Crippen MR) is 69.2 cm³/mol. The molecule has 0 spiro atoms. The van der Waals surface area contributed by atoms with Crippen molar-refractivity contribution in [1.82, 2.24) is 5.32 Å². The molecule has 0 unspecified atom stereocenters. The van der Waals surface area contributed by atoms with E-state index in [9.17, 15) is 4.79 Å². The van der Waals surface area contributed by atoms with Crippen LogP contribution in [-0.4, -0.2) is 23.7 Å². The summed E-state index contributed by atoms with van der Waals surface area (Å²) in [6, 6.07) is 7.36. The summed E-state index contributed by atoms with van der Waals surface area (Å²) in [5, 5.41) is 11.6. The molecule has 0 saturated heterocycles. The number of aliphatic hydroxyl groups excluding tert-OH is 1. The Morgan fingerprint density at radius 3 is 2.24 bits per heavy atom. The van der Waals surface area contributed by atoms with Crippen LogP contribution in [0.15, 0.2) is 24.3 Å². The summed E-state index contributed by atoms with van der Waals surface area (Å²) in [6.45, 7) is 8.12. The maximum absolute atomic E-state index is 11.8. The molecule has 1 rings (SSSR count). The highest BCUT2D eigenvalue weighted by molar-refractivity contribution is 5.94. The number of amides is 1. The van der Waals surface area contributed by atoms with E-state index >= 15 is 0 Å². The Balaban J connectivity index is 2.78. The van der Waals surface area contributed by atoms with E-state index in [2.05, 4.69) is 26.1 Å². The van der Waals surface area contributed by atoms with Gasteiger partial charge in [-0.05, 0) is 30.0 Å². The molecule has 3 heteroatoms. The lowest BCUT2D eigenvalue weighted by Crippen LogP contribution is -2.35. The van der Waals surface area contributed by atoms with Gasteiger partial charge < -0.3 is 10.4 Å². The van der Waals surface area contributed by atoms with Crippen molar-refractivity contribution in [2.24, 2.45) is 0 Å². The molecular formula is C14H21NO2. The van der Waals surface area contributed by atoms with Crippen LogP contribution in [0.2, 0.25) is 0 Å². The van der Waals surface area contributed by atoms with Crippen molar-refractivity contribution in [3.8, 4) is 0 Å². The third-order valence-corrected chi connectivity index (χ3v) is 2.66. The van der Waals surface area contributed by atoms with Gasteiger partial charge in [-0.15, -0.1) is 0 Å². The fraction of sp³-hybridized carbons (Fsp3) is 0.500. The molecule has 0 saturated carbocycles. The molecule has 0 aliphatic carbocycles. The van der Waals surface area contributed by atoms with E-state index in [1.54, 1.807) is 6.92 Å². The first-order chi connectivity index (χ1) is 7.84. The zero-order valence-corrected chi connectivity index (χ0v) is 10.9. The van der Waals surface area contributed by atoms with Crippen molar-refractivity contribution >= 4 is 5.91 Å². The quantitative estimate of drug-likeness (QED) is 0.843. The van der Waals surface area contributed by atoms with Gasteiger partial charge in [0.05, 0.1) is 6.61 Å². The summed E-state index contributed by atoms with van der Waals surface area (Å²) in [6.07, 6.45) is 0. The predicted octanol–water partition coefficient (Wildman–Crippen LogP) is 2.09. The largest absolute Gasteiger partial charge is 0.394 e. The van der Waals surface area contributed by atoms with E-state index < -0.39 is 0 Å². The molecule has 3 nitrogen and oxygen atoms in total. The fourth-order valence-electron chi connectivity index (χ4n) is 1.47. The fourth-order valence-corrected chi connectivity index (χ4v) is 1.47. The lowest BCUT2D eigenvalue weighted by atomic mass is 9.86. The number of carbonyl (C=O) groups is 1. The van der Waals surface area contributed by atoms with Gasteiger partial charge in [-0.1, -0.05) is 32.9 Å². The van der Waals surface area contributed by atoms with Gasteiger partial charge in [0.25, 0.3) is 5.91 Å². The Labute approximate surface area is 103 Å². The third-order valence-electron chi connectivity index (χ3n) is 2.66. The smallest absolute Gasteiger partial charge is 0.251 e. The maximum atomic E-state index is 11.8. The average molecular weight is 235 g/mol. The van der Waals surface area contributed by atoms with Gasteiger partial charge in [0.2, 0.25) is 0 Å². The summed E-state index contributed by atoms with van der Waals surface area (Å²) in [5.74, 6) is -0.146. The van der Waals surface area contributed by atoms with Gasteiger partial charge >= 0.3 is 0 Å². The van der Waals surface area contributed by atoms with Crippen LogP contribution in [0.25, 0.3) is 0 Å². The van der Waals surface area contributed by atoms with E-state index in [4.69, 9.17) is 5.11 Å². The number of rotatable bonds is 3. The molecule has 17 heavy (non-hydrogen) atoms. The van der Waals surface area contributed by atoms with Gasteiger partial charge in [-0.3, -0.25) is 4.79 Å². The summed E-state index contributed by atoms with van der Waals surface area (Å²) >= 11 is 0. The van der Waals surface area contributed by atoms with Gasteiger partial charge in [-0.2, -0.15) is 0 Å². The zero-order chi connectivity index (χ0) is 13.1. The number of hydrogen-bond donors (Lipinski definition) is 2. The topological polar surface area (TPSA) is 49.3 Å². The van der Waals surface area contributed by atoms with Gasteiger partial charge in [0.15, 0.2) is 0 Å². The van der Waals surface area contributed by atoms with Crippen molar-refractivity contribution in [1.29, 1.82) is 0 Å². The first kappa shape index (κ1) is 13.7. The summed E-state index contributed by atoms with van der Waals surface area (Å²) in [5.41, 5.74) is 1.91. The van der Waals surface area contributed by atoms with E-state index in [1.165, 1.54) is 5.56 Å². The minimum absolute atomic E-state index is 0.0498. The molecule has 1 amide bonds. The second-order valence-corrected chi connectivity index (χ2v) is 5.38. The highest BCUT2D eigenvalue weighted by Crippen LogP contribution is 2.22. The highest BCUT2D eigenvalue weighted by atomic mass is 16.3. The molecule has 0 bridgehead atoms. The van der Waals surface area contributed by atoms with Crippen molar-refractivity contribution < 1.29 is 9.90 Å². The van der Waals surface area contributed by atoms with E-state index in [0.717, 1.165) is 0 Å². The van der Waals surface area contributed by atoms with Crippen molar-refractivity contribution in [2.75, 3.05) is 6.61 Å². The molecule has 0 fully saturated rings. The van der Waals surface area contributed by atoms with Crippen LogP contribution in [0.5, 0.6) is 0 Å². The van der Waals surface area contributed by atoms with Crippen LogP contribution in [-0.2, 0) is 5.41 Å². The molecule has 0 radical (unpaired) electrons. The number of hydrogen-bond acceptors (Lipinski definition) is 2. The number of carbonyl (C=O) groups excluding carboxylic acids is 1. The Morgan fingerprint density at radius 2 is 1.82 bits per heavy atom. The second-order valence-electron chi connectivity index (χ2n) is 5.38. The Bertz CT molecular complexity index is 376.